The van der Waals surface area contributed by atoms with Crippen molar-refractivity contribution in [2.45, 2.75) is 13.8 Å². The first-order valence-corrected chi connectivity index (χ1v) is 10.4. The van der Waals surface area contributed by atoms with Crippen LogP contribution < -0.4 is 24.4 Å². The van der Waals surface area contributed by atoms with Gasteiger partial charge in [-0.25, -0.2) is 15.4 Å². The molecular weight excluding hydrogens is 424 g/mol. The molecule has 3 rings (SSSR count). The zero-order chi connectivity index (χ0) is 23.6. The van der Waals surface area contributed by atoms with Gasteiger partial charge in [-0.15, -0.1) is 0 Å². The van der Waals surface area contributed by atoms with Crippen molar-refractivity contribution in [1.82, 2.24) is 15.4 Å². The molecule has 0 aliphatic heterocycles. The van der Waals surface area contributed by atoms with Gasteiger partial charge in [0.1, 0.15) is 28.6 Å². The lowest BCUT2D eigenvalue weighted by Crippen LogP contribution is -2.20. The summed E-state index contributed by atoms with van der Waals surface area (Å²) >= 11 is 0. The summed E-state index contributed by atoms with van der Waals surface area (Å²) in [5.74, 6) is 1.79. The third kappa shape index (κ3) is 6.19. The van der Waals surface area contributed by atoms with Gasteiger partial charge in [-0.2, -0.15) is 5.10 Å². The molecule has 0 bridgehead atoms. The van der Waals surface area contributed by atoms with E-state index in [1.54, 1.807) is 32.4 Å². The van der Waals surface area contributed by atoms with Crippen molar-refractivity contribution in [3.8, 4) is 34.4 Å². The first-order valence-electron chi connectivity index (χ1n) is 10.4. The fourth-order valence-corrected chi connectivity index (χ4v) is 2.92. The van der Waals surface area contributed by atoms with E-state index in [4.69, 9.17) is 18.9 Å². The Kier molecular flexibility index (Phi) is 8.18. The predicted molar refractivity (Wildman–Crippen MR) is 124 cm³/mol. The summed E-state index contributed by atoms with van der Waals surface area (Å²) in [6, 6.07) is 12.6. The summed E-state index contributed by atoms with van der Waals surface area (Å²) < 4.78 is 21.5. The Bertz CT molecular complexity index is 1090. The molecule has 0 spiro atoms. The second kappa shape index (κ2) is 11.5. The first kappa shape index (κ1) is 23.5. The molecule has 172 valence electrons. The predicted octanol–water partition coefficient (Wildman–Crippen LogP) is 3.72. The SMILES string of the molecule is CCOc1ccc(-c2nc(C(=O)NN=Cc3cc(OC)cc(OC)c3)cnc2OCC)cc1. The molecule has 0 fully saturated rings. The van der Waals surface area contributed by atoms with Crippen LogP contribution in [-0.2, 0) is 0 Å². The Hall–Kier alpha value is -4.14. The molecule has 2 aromatic carbocycles. The molecule has 1 aromatic heterocycles. The van der Waals surface area contributed by atoms with Crippen LogP contribution in [0.25, 0.3) is 11.3 Å². The number of aromatic nitrogens is 2. The van der Waals surface area contributed by atoms with Crippen molar-refractivity contribution in [3.05, 3.63) is 59.9 Å². The highest BCUT2D eigenvalue weighted by Gasteiger charge is 2.15. The van der Waals surface area contributed by atoms with Crippen LogP contribution in [0.4, 0.5) is 0 Å². The third-order valence-electron chi connectivity index (χ3n) is 4.44. The minimum atomic E-state index is -0.510. The Labute approximate surface area is 192 Å². The van der Waals surface area contributed by atoms with Crippen molar-refractivity contribution in [3.63, 3.8) is 0 Å². The zero-order valence-electron chi connectivity index (χ0n) is 19.0. The topological polar surface area (TPSA) is 104 Å². The van der Waals surface area contributed by atoms with Crippen molar-refractivity contribution in [2.24, 2.45) is 5.10 Å². The average Bonchev–Trinajstić information content (AvgIpc) is 2.85. The standard InChI is InChI=1S/C24H26N4O5/c1-5-32-18-9-7-17(8-10-18)22-24(33-6-2)25-15-21(27-22)23(29)28-26-14-16-11-19(30-3)13-20(12-16)31-4/h7-15H,5-6H2,1-4H3,(H,28,29). The molecule has 0 aliphatic carbocycles. The minimum Gasteiger partial charge on any atom is -0.497 e. The molecule has 1 amide bonds. The molecule has 0 atom stereocenters. The number of nitrogens with one attached hydrogen (secondary N) is 1. The van der Waals surface area contributed by atoms with Gasteiger partial charge in [0, 0.05) is 17.2 Å². The normalized spacial score (nSPS) is 10.7. The summed E-state index contributed by atoms with van der Waals surface area (Å²) in [7, 11) is 3.12. The van der Waals surface area contributed by atoms with E-state index >= 15 is 0 Å². The van der Waals surface area contributed by atoms with Gasteiger partial charge < -0.3 is 18.9 Å². The Morgan fingerprint density at radius 2 is 1.64 bits per heavy atom. The summed E-state index contributed by atoms with van der Waals surface area (Å²) in [4.78, 5) is 21.4. The van der Waals surface area contributed by atoms with Gasteiger partial charge in [0.2, 0.25) is 5.88 Å². The number of hydrogen-bond donors (Lipinski definition) is 1. The fraction of sp³-hybridized carbons (Fsp3) is 0.250. The maximum atomic E-state index is 12.6. The van der Waals surface area contributed by atoms with Crippen molar-refractivity contribution >= 4 is 12.1 Å². The van der Waals surface area contributed by atoms with E-state index in [-0.39, 0.29) is 5.69 Å². The van der Waals surface area contributed by atoms with Gasteiger partial charge in [0.25, 0.3) is 5.91 Å². The Morgan fingerprint density at radius 3 is 2.24 bits per heavy atom. The molecule has 0 radical (unpaired) electrons. The number of ether oxygens (including phenoxy) is 4. The Balaban J connectivity index is 1.80. The van der Waals surface area contributed by atoms with E-state index in [0.717, 1.165) is 11.3 Å². The van der Waals surface area contributed by atoms with E-state index in [1.807, 2.05) is 38.1 Å². The third-order valence-corrected chi connectivity index (χ3v) is 4.44. The number of carbonyl (C=O) groups excluding carboxylic acids is 1. The van der Waals surface area contributed by atoms with Crippen LogP contribution in [0, 0.1) is 0 Å². The molecule has 0 aliphatic rings. The molecule has 0 saturated heterocycles. The van der Waals surface area contributed by atoms with Gasteiger partial charge in [0.15, 0.2) is 0 Å². The first-order chi connectivity index (χ1) is 16.1. The number of carbonyl (C=O) groups is 1. The lowest BCUT2D eigenvalue weighted by Gasteiger charge is -2.10. The quantitative estimate of drug-likeness (QED) is 0.371. The van der Waals surface area contributed by atoms with Crippen LogP contribution >= 0.6 is 0 Å². The highest BCUT2D eigenvalue weighted by molar-refractivity contribution is 5.93. The second-order valence-electron chi connectivity index (χ2n) is 6.64. The molecule has 3 aromatic rings. The van der Waals surface area contributed by atoms with Crippen molar-refractivity contribution in [2.75, 3.05) is 27.4 Å². The van der Waals surface area contributed by atoms with Crippen LogP contribution in [0.5, 0.6) is 23.1 Å². The molecule has 9 nitrogen and oxygen atoms in total. The number of hydrazone groups is 1. The van der Waals surface area contributed by atoms with E-state index in [2.05, 4.69) is 20.5 Å². The second-order valence-corrected chi connectivity index (χ2v) is 6.64. The van der Waals surface area contributed by atoms with Crippen molar-refractivity contribution < 1.29 is 23.7 Å². The number of amides is 1. The molecule has 0 saturated carbocycles. The summed E-state index contributed by atoms with van der Waals surface area (Å²) in [6.45, 7) is 4.76. The molecule has 33 heavy (non-hydrogen) atoms. The lowest BCUT2D eigenvalue weighted by atomic mass is 10.1. The maximum Gasteiger partial charge on any atom is 0.291 e. The molecule has 9 heteroatoms. The molecule has 1 N–H and O–H groups in total. The number of nitrogens with zero attached hydrogens (tertiary/aromatic N) is 3. The highest BCUT2D eigenvalue weighted by atomic mass is 16.5. The van der Waals surface area contributed by atoms with Gasteiger partial charge in [-0.3, -0.25) is 4.79 Å². The summed E-state index contributed by atoms with van der Waals surface area (Å²) in [5, 5.41) is 4.01. The van der Waals surface area contributed by atoms with Gasteiger partial charge in [0.05, 0.1) is 39.8 Å². The number of benzene rings is 2. The van der Waals surface area contributed by atoms with Crippen LogP contribution in [0.1, 0.15) is 29.9 Å². The minimum absolute atomic E-state index is 0.0997. The monoisotopic (exact) mass is 450 g/mol. The highest BCUT2D eigenvalue weighted by Crippen LogP contribution is 2.28. The number of hydrogen-bond acceptors (Lipinski definition) is 8. The van der Waals surface area contributed by atoms with Crippen LogP contribution in [0.15, 0.2) is 53.8 Å². The van der Waals surface area contributed by atoms with Crippen LogP contribution in [0.2, 0.25) is 0 Å². The van der Waals surface area contributed by atoms with E-state index in [9.17, 15) is 4.79 Å². The van der Waals surface area contributed by atoms with Gasteiger partial charge in [-0.1, -0.05) is 0 Å². The summed E-state index contributed by atoms with van der Waals surface area (Å²) in [6.07, 6.45) is 2.83. The molecule has 1 heterocycles. The lowest BCUT2D eigenvalue weighted by molar-refractivity contribution is 0.0949. The Morgan fingerprint density at radius 1 is 0.970 bits per heavy atom. The largest absolute Gasteiger partial charge is 0.497 e. The van der Waals surface area contributed by atoms with Crippen LogP contribution in [0.3, 0.4) is 0 Å². The van der Waals surface area contributed by atoms with E-state index in [0.29, 0.717) is 41.9 Å². The van der Waals surface area contributed by atoms with Crippen LogP contribution in [-0.4, -0.2) is 49.5 Å². The summed E-state index contributed by atoms with van der Waals surface area (Å²) in [5.41, 5.74) is 4.46. The zero-order valence-corrected chi connectivity index (χ0v) is 19.0. The molecule has 0 unspecified atom stereocenters. The van der Waals surface area contributed by atoms with E-state index in [1.165, 1.54) is 12.4 Å². The smallest absolute Gasteiger partial charge is 0.291 e. The molecular formula is C24H26N4O5. The van der Waals surface area contributed by atoms with E-state index < -0.39 is 5.91 Å². The average molecular weight is 450 g/mol. The van der Waals surface area contributed by atoms with Gasteiger partial charge >= 0.3 is 0 Å². The van der Waals surface area contributed by atoms with Gasteiger partial charge in [-0.05, 0) is 50.2 Å². The fourth-order valence-electron chi connectivity index (χ4n) is 2.92. The number of methoxy groups -OCH3 is 2. The van der Waals surface area contributed by atoms with Crippen molar-refractivity contribution in [1.29, 1.82) is 0 Å². The maximum absolute atomic E-state index is 12.6. The number of rotatable bonds is 10.